The maximum absolute atomic E-state index is 10.4. The molecule has 1 aliphatic rings. The highest BCUT2D eigenvalue weighted by atomic mass is 16.3. The summed E-state index contributed by atoms with van der Waals surface area (Å²) in [5, 5.41) is 12.7. The molecule has 3 rings (SSSR count). The maximum Gasteiger partial charge on any atom is 0.121 e. The average Bonchev–Trinajstić information content (AvgIpc) is 2.79. The standard InChI is InChI=1S/C18H24N2O/c19-13-16(20-11-5-1-2-6-12-20)18-15-8-4-3-7-14(15)9-10-17(18)21/h3-4,7-10,16,21H,1-2,5-6,11-13,19H2. The average molecular weight is 284 g/mol. The third-order valence-corrected chi connectivity index (χ3v) is 4.59. The lowest BCUT2D eigenvalue weighted by Crippen LogP contribution is -2.34. The van der Waals surface area contributed by atoms with E-state index in [0.29, 0.717) is 12.3 Å². The van der Waals surface area contributed by atoms with Crippen molar-refractivity contribution in [2.24, 2.45) is 5.73 Å². The molecule has 3 N–H and O–H groups in total. The van der Waals surface area contributed by atoms with Crippen LogP contribution >= 0.6 is 0 Å². The molecule has 3 heteroatoms. The molecule has 3 nitrogen and oxygen atoms in total. The third-order valence-electron chi connectivity index (χ3n) is 4.59. The number of aromatic hydroxyl groups is 1. The Morgan fingerprint density at radius 3 is 2.43 bits per heavy atom. The summed E-state index contributed by atoms with van der Waals surface area (Å²) in [6, 6.07) is 12.1. The minimum Gasteiger partial charge on any atom is -0.508 e. The number of nitrogens with zero attached hydrogens (tertiary/aromatic N) is 1. The zero-order chi connectivity index (χ0) is 14.7. The summed E-state index contributed by atoms with van der Waals surface area (Å²) in [7, 11) is 0. The first-order valence-corrected chi connectivity index (χ1v) is 7.96. The molecule has 1 heterocycles. The Labute approximate surface area is 126 Å². The van der Waals surface area contributed by atoms with Crippen LogP contribution in [0.1, 0.15) is 37.3 Å². The van der Waals surface area contributed by atoms with Gasteiger partial charge in [0, 0.05) is 12.1 Å². The first kappa shape index (κ1) is 14.4. The molecule has 0 amide bonds. The molecule has 1 aliphatic heterocycles. The Morgan fingerprint density at radius 1 is 1.00 bits per heavy atom. The SMILES string of the molecule is NCC(c1c(O)ccc2ccccc12)N1CCCCCC1. The first-order chi connectivity index (χ1) is 10.3. The Hall–Kier alpha value is -1.58. The van der Waals surface area contributed by atoms with Crippen molar-refractivity contribution in [1.82, 2.24) is 4.90 Å². The minimum atomic E-state index is 0.106. The van der Waals surface area contributed by atoms with Crippen molar-refractivity contribution in [3.8, 4) is 5.75 Å². The second-order valence-electron chi connectivity index (χ2n) is 5.92. The highest BCUT2D eigenvalue weighted by Crippen LogP contribution is 2.35. The van der Waals surface area contributed by atoms with Crippen molar-refractivity contribution in [2.75, 3.05) is 19.6 Å². The van der Waals surface area contributed by atoms with Gasteiger partial charge >= 0.3 is 0 Å². The zero-order valence-corrected chi connectivity index (χ0v) is 12.5. The lowest BCUT2D eigenvalue weighted by Gasteiger charge is -2.31. The number of benzene rings is 2. The molecule has 0 aromatic heterocycles. The van der Waals surface area contributed by atoms with Crippen LogP contribution in [-0.2, 0) is 0 Å². The largest absolute Gasteiger partial charge is 0.508 e. The summed E-state index contributed by atoms with van der Waals surface area (Å²) in [5.74, 6) is 0.369. The van der Waals surface area contributed by atoms with Crippen LogP contribution in [0, 0.1) is 0 Å². The van der Waals surface area contributed by atoms with E-state index in [4.69, 9.17) is 5.73 Å². The second kappa shape index (κ2) is 6.46. The van der Waals surface area contributed by atoms with Gasteiger partial charge in [0.15, 0.2) is 0 Å². The molecule has 0 saturated carbocycles. The highest BCUT2D eigenvalue weighted by molar-refractivity contribution is 5.88. The summed E-state index contributed by atoms with van der Waals surface area (Å²) >= 11 is 0. The van der Waals surface area contributed by atoms with Crippen molar-refractivity contribution in [1.29, 1.82) is 0 Å². The molecule has 0 aliphatic carbocycles. The topological polar surface area (TPSA) is 49.5 Å². The predicted molar refractivity (Wildman–Crippen MR) is 87.4 cm³/mol. The van der Waals surface area contributed by atoms with Crippen LogP contribution in [0.25, 0.3) is 10.8 Å². The molecule has 112 valence electrons. The number of likely N-dealkylation sites (tertiary alicyclic amines) is 1. The van der Waals surface area contributed by atoms with E-state index in [1.807, 2.05) is 18.2 Å². The van der Waals surface area contributed by atoms with Crippen LogP contribution in [0.2, 0.25) is 0 Å². The molecule has 0 bridgehead atoms. The third kappa shape index (κ3) is 2.89. The monoisotopic (exact) mass is 284 g/mol. The number of nitrogens with two attached hydrogens (primary N) is 1. The summed E-state index contributed by atoms with van der Waals surface area (Å²) in [6.07, 6.45) is 5.05. The number of rotatable bonds is 3. The molecule has 0 spiro atoms. The fourth-order valence-electron chi connectivity index (χ4n) is 3.49. The molecule has 0 radical (unpaired) electrons. The van der Waals surface area contributed by atoms with Crippen molar-refractivity contribution < 1.29 is 5.11 Å². The molecular weight excluding hydrogens is 260 g/mol. The number of phenols is 1. The molecule has 2 aromatic carbocycles. The van der Waals surface area contributed by atoms with Crippen LogP contribution in [0.15, 0.2) is 36.4 Å². The summed E-state index contributed by atoms with van der Waals surface area (Å²) < 4.78 is 0. The summed E-state index contributed by atoms with van der Waals surface area (Å²) in [6.45, 7) is 2.69. The van der Waals surface area contributed by atoms with Gasteiger partial charge in [-0.3, -0.25) is 4.90 Å². The fourth-order valence-corrected chi connectivity index (χ4v) is 3.49. The van der Waals surface area contributed by atoms with Gasteiger partial charge in [-0.15, -0.1) is 0 Å². The van der Waals surface area contributed by atoms with Crippen LogP contribution in [0.3, 0.4) is 0 Å². The maximum atomic E-state index is 10.4. The zero-order valence-electron chi connectivity index (χ0n) is 12.5. The van der Waals surface area contributed by atoms with Gasteiger partial charge in [0.25, 0.3) is 0 Å². The minimum absolute atomic E-state index is 0.106. The van der Waals surface area contributed by atoms with Gasteiger partial charge in [-0.1, -0.05) is 43.2 Å². The van der Waals surface area contributed by atoms with E-state index < -0.39 is 0 Å². The molecule has 21 heavy (non-hydrogen) atoms. The van der Waals surface area contributed by atoms with Crippen molar-refractivity contribution in [3.05, 3.63) is 42.0 Å². The van der Waals surface area contributed by atoms with Gasteiger partial charge in [0.05, 0.1) is 6.04 Å². The van der Waals surface area contributed by atoms with E-state index in [0.717, 1.165) is 24.0 Å². The lowest BCUT2D eigenvalue weighted by molar-refractivity contribution is 0.207. The van der Waals surface area contributed by atoms with Gasteiger partial charge in [-0.2, -0.15) is 0 Å². The second-order valence-corrected chi connectivity index (χ2v) is 5.92. The molecule has 1 atom stereocenters. The Morgan fingerprint density at radius 2 is 1.71 bits per heavy atom. The highest BCUT2D eigenvalue weighted by Gasteiger charge is 2.24. The van der Waals surface area contributed by atoms with Gasteiger partial charge < -0.3 is 10.8 Å². The predicted octanol–water partition coefficient (Wildman–Crippen LogP) is 3.42. The van der Waals surface area contributed by atoms with Gasteiger partial charge in [0.2, 0.25) is 0 Å². The van der Waals surface area contributed by atoms with Crippen molar-refractivity contribution in [2.45, 2.75) is 31.7 Å². The summed E-state index contributed by atoms with van der Waals surface area (Å²) in [4.78, 5) is 2.45. The summed E-state index contributed by atoms with van der Waals surface area (Å²) in [5.41, 5.74) is 7.09. The van der Waals surface area contributed by atoms with E-state index in [1.54, 1.807) is 6.07 Å². The van der Waals surface area contributed by atoms with Crippen molar-refractivity contribution >= 4 is 10.8 Å². The Kier molecular flexibility index (Phi) is 4.42. The Bertz CT molecular complexity index is 603. The van der Waals surface area contributed by atoms with Crippen LogP contribution in [-0.4, -0.2) is 29.6 Å². The smallest absolute Gasteiger partial charge is 0.121 e. The molecule has 1 unspecified atom stereocenters. The van der Waals surface area contributed by atoms with E-state index >= 15 is 0 Å². The fraction of sp³-hybridized carbons (Fsp3) is 0.444. The molecule has 1 fully saturated rings. The number of fused-ring (bicyclic) bond motifs is 1. The molecule has 2 aromatic rings. The van der Waals surface area contributed by atoms with E-state index in [-0.39, 0.29) is 6.04 Å². The number of hydrogen-bond donors (Lipinski definition) is 2. The van der Waals surface area contributed by atoms with Crippen LogP contribution in [0.4, 0.5) is 0 Å². The quantitative estimate of drug-likeness (QED) is 0.908. The van der Waals surface area contributed by atoms with Crippen LogP contribution in [0.5, 0.6) is 5.75 Å². The normalized spacial score (nSPS) is 18.5. The van der Waals surface area contributed by atoms with E-state index in [1.165, 1.54) is 31.1 Å². The molecular formula is C18H24N2O. The lowest BCUT2D eigenvalue weighted by atomic mass is 9.96. The Balaban J connectivity index is 2.05. The number of phenolic OH excluding ortho intramolecular Hbond substituents is 1. The van der Waals surface area contributed by atoms with Crippen LogP contribution < -0.4 is 5.73 Å². The first-order valence-electron chi connectivity index (χ1n) is 7.96. The van der Waals surface area contributed by atoms with E-state index in [2.05, 4.69) is 17.0 Å². The van der Waals surface area contributed by atoms with Gasteiger partial charge in [-0.05, 0) is 42.8 Å². The van der Waals surface area contributed by atoms with Gasteiger partial charge in [0.1, 0.15) is 5.75 Å². The van der Waals surface area contributed by atoms with E-state index in [9.17, 15) is 5.11 Å². The molecule has 1 saturated heterocycles. The van der Waals surface area contributed by atoms with Crippen molar-refractivity contribution in [3.63, 3.8) is 0 Å². The van der Waals surface area contributed by atoms with Gasteiger partial charge in [-0.25, -0.2) is 0 Å². The number of hydrogen-bond acceptors (Lipinski definition) is 3.